The van der Waals surface area contributed by atoms with E-state index in [1.54, 1.807) is 0 Å². The normalized spacial score (nSPS) is 13.8. The molecule has 2 N–H and O–H groups in total. The molecule has 5 heteroatoms. The number of anilines is 3. The van der Waals surface area contributed by atoms with Crippen LogP contribution < -0.4 is 15.4 Å². The van der Waals surface area contributed by atoms with Crippen molar-refractivity contribution in [3.63, 3.8) is 0 Å². The molecule has 21 heavy (non-hydrogen) atoms. The number of nitrogens with one attached hydrogen (secondary N) is 2. The second-order valence-corrected chi connectivity index (χ2v) is 5.11. The molecule has 5 nitrogen and oxygen atoms in total. The zero-order valence-electron chi connectivity index (χ0n) is 12.4. The predicted molar refractivity (Wildman–Crippen MR) is 84.4 cm³/mol. The maximum Gasteiger partial charge on any atom is 0.136 e. The Labute approximate surface area is 124 Å². The Morgan fingerprint density at radius 3 is 2.71 bits per heavy atom. The van der Waals surface area contributed by atoms with Crippen LogP contribution in [-0.2, 0) is 0 Å². The third kappa shape index (κ3) is 3.42. The van der Waals surface area contributed by atoms with Gasteiger partial charge in [-0.25, -0.2) is 9.97 Å². The first kappa shape index (κ1) is 13.7. The fourth-order valence-corrected chi connectivity index (χ4v) is 2.16. The van der Waals surface area contributed by atoms with Crippen LogP contribution in [0.1, 0.15) is 31.5 Å². The van der Waals surface area contributed by atoms with Crippen molar-refractivity contribution in [2.24, 2.45) is 0 Å². The summed E-state index contributed by atoms with van der Waals surface area (Å²) in [5, 5.41) is 6.42. The molecule has 0 radical (unpaired) electrons. The fraction of sp³-hybridized carbons (Fsp3) is 0.375. The zero-order valence-corrected chi connectivity index (χ0v) is 12.4. The summed E-state index contributed by atoms with van der Waals surface area (Å²) in [6, 6.07) is 9.81. The minimum Gasteiger partial charge on any atom is -0.494 e. The van der Waals surface area contributed by atoms with Gasteiger partial charge in [0.15, 0.2) is 0 Å². The smallest absolute Gasteiger partial charge is 0.136 e. The lowest BCUT2D eigenvalue weighted by Gasteiger charge is -2.11. The highest BCUT2D eigenvalue weighted by Gasteiger charge is 2.27. The van der Waals surface area contributed by atoms with Gasteiger partial charge < -0.3 is 15.4 Å². The van der Waals surface area contributed by atoms with Crippen LogP contribution in [0.2, 0.25) is 0 Å². The van der Waals surface area contributed by atoms with E-state index in [9.17, 15) is 0 Å². The highest BCUT2D eigenvalue weighted by Crippen LogP contribution is 2.39. The van der Waals surface area contributed by atoms with Crippen LogP contribution in [-0.4, -0.2) is 23.6 Å². The second-order valence-electron chi connectivity index (χ2n) is 5.11. The molecule has 0 unspecified atom stereocenters. The van der Waals surface area contributed by atoms with Gasteiger partial charge in [0, 0.05) is 30.8 Å². The Morgan fingerprint density at radius 2 is 2.00 bits per heavy atom. The molecule has 0 atom stereocenters. The Hall–Kier alpha value is -2.30. The summed E-state index contributed by atoms with van der Waals surface area (Å²) >= 11 is 0. The van der Waals surface area contributed by atoms with Crippen molar-refractivity contribution < 1.29 is 4.74 Å². The topological polar surface area (TPSA) is 59.1 Å². The fourth-order valence-electron chi connectivity index (χ4n) is 2.16. The number of hydrogen-bond acceptors (Lipinski definition) is 5. The Kier molecular flexibility index (Phi) is 3.90. The molecule has 1 aromatic carbocycles. The minimum atomic E-state index is 0.522. The predicted octanol–water partition coefficient (Wildman–Crippen LogP) is 3.54. The average molecular weight is 284 g/mol. The Balaban J connectivity index is 1.83. The largest absolute Gasteiger partial charge is 0.494 e. The third-order valence-electron chi connectivity index (χ3n) is 3.36. The van der Waals surface area contributed by atoms with Crippen molar-refractivity contribution in [3.05, 3.63) is 36.2 Å². The van der Waals surface area contributed by atoms with Crippen LogP contribution in [0.15, 0.2) is 30.3 Å². The van der Waals surface area contributed by atoms with Crippen molar-refractivity contribution in [2.75, 3.05) is 24.3 Å². The van der Waals surface area contributed by atoms with Crippen molar-refractivity contribution in [1.29, 1.82) is 0 Å². The second kappa shape index (κ2) is 5.99. The molecule has 1 aliphatic carbocycles. The monoisotopic (exact) mass is 284 g/mol. The number of rotatable bonds is 6. The first-order valence-corrected chi connectivity index (χ1v) is 7.35. The molecule has 0 aliphatic heterocycles. The van der Waals surface area contributed by atoms with E-state index in [1.807, 2.05) is 44.3 Å². The molecule has 110 valence electrons. The highest BCUT2D eigenvalue weighted by atomic mass is 16.5. The summed E-state index contributed by atoms with van der Waals surface area (Å²) < 4.78 is 5.52. The van der Waals surface area contributed by atoms with Crippen LogP contribution in [0.5, 0.6) is 5.75 Å². The molecule has 0 saturated heterocycles. The van der Waals surface area contributed by atoms with Crippen molar-refractivity contribution in [2.45, 2.75) is 25.7 Å². The number of ether oxygens (including phenoxy) is 1. The first-order chi connectivity index (χ1) is 10.3. The van der Waals surface area contributed by atoms with E-state index < -0.39 is 0 Å². The van der Waals surface area contributed by atoms with E-state index in [0.29, 0.717) is 12.5 Å². The third-order valence-corrected chi connectivity index (χ3v) is 3.36. The molecule has 0 bridgehead atoms. The van der Waals surface area contributed by atoms with Crippen LogP contribution >= 0.6 is 0 Å². The lowest BCUT2D eigenvalue weighted by Crippen LogP contribution is -2.03. The molecule has 2 aromatic rings. The van der Waals surface area contributed by atoms with E-state index in [4.69, 9.17) is 4.74 Å². The van der Waals surface area contributed by atoms with Gasteiger partial charge in [0.05, 0.1) is 6.61 Å². The summed E-state index contributed by atoms with van der Waals surface area (Å²) in [5.74, 6) is 3.95. The van der Waals surface area contributed by atoms with E-state index >= 15 is 0 Å². The van der Waals surface area contributed by atoms with Crippen molar-refractivity contribution in [3.8, 4) is 5.75 Å². The van der Waals surface area contributed by atoms with E-state index in [0.717, 1.165) is 28.9 Å². The first-order valence-electron chi connectivity index (χ1n) is 7.35. The summed E-state index contributed by atoms with van der Waals surface area (Å²) in [4.78, 5) is 9.13. The number of nitrogens with zero attached hydrogens (tertiary/aromatic N) is 2. The molecule has 1 heterocycles. The minimum absolute atomic E-state index is 0.522. The van der Waals surface area contributed by atoms with E-state index in [-0.39, 0.29) is 0 Å². The van der Waals surface area contributed by atoms with Gasteiger partial charge in [-0.05, 0) is 31.9 Å². The molecule has 0 amide bonds. The molecular weight excluding hydrogens is 264 g/mol. The average Bonchev–Trinajstić information content (AvgIpc) is 3.32. The van der Waals surface area contributed by atoms with Gasteiger partial charge in [-0.1, -0.05) is 6.07 Å². The molecule has 1 saturated carbocycles. The lowest BCUT2D eigenvalue weighted by molar-refractivity contribution is 0.340. The van der Waals surface area contributed by atoms with Crippen molar-refractivity contribution >= 4 is 17.3 Å². The van der Waals surface area contributed by atoms with Crippen LogP contribution in [0, 0.1) is 0 Å². The van der Waals surface area contributed by atoms with Crippen LogP contribution in [0.25, 0.3) is 0 Å². The van der Waals surface area contributed by atoms with Gasteiger partial charge in [-0.3, -0.25) is 0 Å². The molecule has 0 spiro atoms. The summed E-state index contributed by atoms with van der Waals surface area (Å²) in [6.07, 6.45) is 2.37. The number of aromatic nitrogens is 2. The van der Waals surface area contributed by atoms with E-state index in [2.05, 4.69) is 20.6 Å². The van der Waals surface area contributed by atoms with Gasteiger partial charge >= 0.3 is 0 Å². The van der Waals surface area contributed by atoms with Gasteiger partial charge in [0.25, 0.3) is 0 Å². The number of benzene rings is 1. The van der Waals surface area contributed by atoms with Gasteiger partial charge in [0.2, 0.25) is 0 Å². The SMILES string of the molecule is CCOc1cccc(Nc2cc(NC)nc(C3CC3)n2)c1. The quantitative estimate of drug-likeness (QED) is 0.849. The van der Waals surface area contributed by atoms with Crippen LogP contribution in [0.4, 0.5) is 17.3 Å². The molecule has 3 rings (SSSR count). The highest BCUT2D eigenvalue weighted by molar-refractivity contribution is 5.60. The molecule has 1 aromatic heterocycles. The summed E-state index contributed by atoms with van der Waals surface area (Å²) in [6.45, 7) is 2.64. The maximum absolute atomic E-state index is 5.52. The Morgan fingerprint density at radius 1 is 1.19 bits per heavy atom. The summed E-state index contributed by atoms with van der Waals surface area (Å²) in [5.41, 5.74) is 0.962. The number of hydrogen-bond donors (Lipinski definition) is 2. The van der Waals surface area contributed by atoms with Gasteiger partial charge in [-0.2, -0.15) is 0 Å². The van der Waals surface area contributed by atoms with Gasteiger partial charge in [-0.15, -0.1) is 0 Å². The molecule has 1 aliphatic rings. The van der Waals surface area contributed by atoms with E-state index in [1.165, 1.54) is 12.8 Å². The van der Waals surface area contributed by atoms with Crippen molar-refractivity contribution in [1.82, 2.24) is 9.97 Å². The maximum atomic E-state index is 5.52. The summed E-state index contributed by atoms with van der Waals surface area (Å²) in [7, 11) is 1.87. The zero-order chi connectivity index (χ0) is 14.7. The molecular formula is C16H20N4O. The molecule has 1 fully saturated rings. The van der Waals surface area contributed by atoms with Gasteiger partial charge in [0.1, 0.15) is 23.2 Å². The van der Waals surface area contributed by atoms with Crippen LogP contribution in [0.3, 0.4) is 0 Å². The Bertz CT molecular complexity index is 625. The standard InChI is InChI=1S/C16H20N4O/c1-3-21-13-6-4-5-12(9-13)18-15-10-14(17-2)19-16(20-15)11-7-8-11/h4-6,9-11H,3,7-8H2,1-2H3,(H2,17,18,19,20). The lowest BCUT2D eigenvalue weighted by atomic mass is 10.3.